The monoisotopic (exact) mass is 303 g/mol. The predicted molar refractivity (Wildman–Crippen MR) is 72.9 cm³/mol. The van der Waals surface area contributed by atoms with Crippen LogP contribution >= 0.6 is 23.2 Å². The van der Waals surface area contributed by atoms with E-state index < -0.39 is 11.7 Å². The third-order valence-electron chi connectivity index (χ3n) is 2.77. The molecule has 7 heteroatoms. The van der Waals surface area contributed by atoms with E-state index in [9.17, 15) is 9.18 Å². The number of halogens is 3. The molecule has 0 saturated carbocycles. The first-order valence-electron chi connectivity index (χ1n) is 5.71. The second kappa shape index (κ2) is 5.75. The third-order valence-corrected chi connectivity index (χ3v) is 3.25. The van der Waals surface area contributed by atoms with Crippen LogP contribution in [0, 0.1) is 5.82 Å². The van der Waals surface area contributed by atoms with Gasteiger partial charge in [-0.25, -0.2) is 9.37 Å². The number of carbonyl (C=O) groups excluding carboxylic acids is 1. The number of hydrogen-bond acceptors (Lipinski definition) is 2. The standard InChI is InChI=1S/C12H12Cl2FN3O/c13-3-1-12-17-9-5-7(14)8(15)6-10(9)18(12)4-2-11(16)19/h5-6H,1-4H2,(H2,16,19). The van der Waals surface area contributed by atoms with Gasteiger partial charge in [-0.1, -0.05) is 11.6 Å². The third kappa shape index (κ3) is 2.98. The number of fused-ring (bicyclic) bond motifs is 1. The number of nitrogens with two attached hydrogens (primary N) is 1. The number of aromatic nitrogens is 2. The molecule has 0 radical (unpaired) electrons. The van der Waals surface area contributed by atoms with Gasteiger partial charge in [0.15, 0.2) is 0 Å². The highest BCUT2D eigenvalue weighted by Gasteiger charge is 2.13. The van der Waals surface area contributed by atoms with Crippen LogP contribution < -0.4 is 5.73 Å². The maximum absolute atomic E-state index is 13.5. The highest BCUT2D eigenvalue weighted by Crippen LogP contribution is 2.24. The molecule has 0 aliphatic rings. The minimum Gasteiger partial charge on any atom is -0.370 e. The van der Waals surface area contributed by atoms with Gasteiger partial charge in [0.1, 0.15) is 11.6 Å². The molecule has 4 nitrogen and oxygen atoms in total. The van der Waals surface area contributed by atoms with E-state index in [4.69, 9.17) is 28.9 Å². The molecular weight excluding hydrogens is 292 g/mol. The van der Waals surface area contributed by atoms with E-state index in [1.807, 2.05) is 0 Å². The van der Waals surface area contributed by atoms with E-state index in [2.05, 4.69) is 4.98 Å². The van der Waals surface area contributed by atoms with Crippen molar-refractivity contribution in [3.8, 4) is 0 Å². The first-order valence-corrected chi connectivity index (χ1v) is 6.62. The van der Waals surface area contributed by atoms with Crippen molar-refractivity contribution in [2.45, 2.75) is 19.4 Å². The predicted octanol–water partition coefficient (Wildman–Crippen LogP) is 2.49. The van der Waals surface area contributed by atoms with Crippen molar-refractivity contribution < 1.29 is 9.18 Å². The van der Waals surface area contributed by atoms with Crippen LogP contribution in [0.3, 0.4) is 0 Å². The molecule has 2 aromatic rings. The smallest absolute Gasteiger partial charge is 0.219 e. The molecule has 0 saturated heterocycles. The zero-order valence-electron chi connectivity index (χ0n) is 10.00. The first kappa shape index (κ1) is 14.1. The number of imidazole rings is 1. The number of carbonyl (C=O) groups is 1. The van der Waals surface area contributed by atoms with E-state index in [0.717, 1.165) is 0 Å². The van der Waals surface area contributed by atoms with Crippen molar-refractivity contribution in [3.05, 3.63) is 28.8 Å². The van der Waals surface area contributed by atoms with E-state index in [0.29, 0.717) is 35.7 Å². The summed E-state index contributed by atoms with van der Waals surface area (Å²) in [7, 11) is 0. The van der Waals surface area contributed by atoms with Gasteiger partial charge in [0.05, 0.1) is 16.1 Å². The van der Waals surface area contributed by atoms with Gasteiger partial charge < -0.3 is 10.3 Å². The number of alkyl halides is 1. The summed E-state index contributed by atoms with van der Waals surface area (Å²) in [5.74, 6) is 0.128. The summed E-state index contributed by atoms with van der Waals surface area (Å²) in [5.41, 5.74) is 6.30. The average Bonchev–Trinajstić information content (AvgIpc) is 2.65. The maximum Gasteiger partial charge on any atom is 0.219 e. The Morgan fingerprint density at radius 1 is 1.47 bits per heavy atom. The zero-order valence-corrected chi connectivity index (χ0v) is 11.5. The van der Waals surface area contributed by atoms with E-state index in [-0.39, 0.29) is 11.4 Å². The molecule has 2 rings (SSSR count). The molecule has 0 spiro atoms. The fraction of sp³-hybridized carbons (Fsp3) is 0.333. The minimum absolute atomic E-state index is 0.0180. The van der Waals surface area contributed by atoms with Gasteiger partial charge in [0, 0.05) is 31.3 Å². The Labute approximate surface area is 119 Å². The molecule has 19 heavy (non-hydrogen) atoms. The van der Waals surface area contributed by atoms with Crippen LogP contribution in [0.4, 0.5) is 4.39 Å². The molecule has 0 aliphatic carbocycles. The topological polar surface area (TPSA) is 60.9 Å². The molecule has 0 bridgehead atoms. The van der Waals surface area contributed by atoms with Gasteiger partial charge in [-0.05, 0) is 6.07 Å². The molecule has 0 atom stereocenters. The number of benzene rings is 1. The minimum atomic E-state index is -0.521. The fourth-order valence-electron chi connectivity index (χ4n) is 1.92. The number of primary amides is 1. The van der Waals surface area contributed by atoms with Crippen molar-refractivity contribution in [1.82, 2.24) is 9.55 Å². The maximum atomic E-state index is 13.5. The lowest BCUT2D eigenvalue weighted by Crippen LogP contribution is -2.15. The van der Waals surface area contributed by atoms with Gasteiger partial charge in [-0.2, -0.15) is 0 Å². The Morgan fingerprint density at radius 2 is 2.21 bits per heavy atom. The Balaban J connectivity index is 2.51. The lowest BCUT2D eigenvalue weighted by atomic mass is 10.3. The SMILES string of the molecule is NC(=O)CCn1c(CCCl)nc2cc(Cl)c(F)cc21. The van der Waals surface area contributed by atoms with Crippen LogP contribution in [0.25, 0.3) is 11.0 Å². The van der Waals surface area contributed by atoms with Crippen molar-refractivity contribution in [1.29, 1.82) is 0 Å². The van der Waals surface area contributed by atoms with Crippen LogP contribution in [0.1, 0.15) is 12.2 Å². The molecule has 0 aliphatic heterocycles. The summed E-state index contributed by atoms with van der Waals surface area (Å²) in [4.78, 5) is 15.2. The number of amides is 1. The molecule has 0 unspecified atom stereocenters. The van der Waals surface area contributed by atoms with Gasteiger partial charge in [0.25, 0.3) is 0 Å². The molecule has 2 N–H and O–H groups in total. The second-order valence-electron chi connectivity index (χ2n) is 4.09. The molecule has 0 fully saturated rings. The van der Waals surface area contributed by atoms with Crippen molar-refractivity contribution in [2.75, 3.05) is 5.88 Å². The van der Waals surface area contributed by atoms with E-state index in [1.54, 1.807) is 4.57 Å². The first-order chi connectivity index (χ1) is 9.02. The Bertz CT molecular complexity index is 627. The highest BCUT2D eigenvalue weighted by molar-refractivity contribution is 6.31. The van der Waals surface area contributed by atoms with Gasteiger partial charge >= 0.3 is 0 Å². The fourth-order valence-corrected chi connectivity index (χ4v) is 2.24. The summed E-state index contributed by atoms with van der Waals surface area (Å²) < 4.78 is 15.3. The molecule has 1 amide bonds. The molecule has 1 heterocycles. The van der Waals surface area contributed by atoms with Gasteiger partial charge in [0.2, 0.25) is 5.91 Å². The van der Waals surface area contributed by atoms with Crippen LogP contribution in [0.5, 0.6) is 0 Å². The van der Waals surface area contributed by atoms with Crippen LogP contribution in [0.15, 0.2) is 12.1 Å². The number of rotatable bonds is 5. The quantitative estimate of drug-likeness (QED) is 0.863. The average molecular weight is 304 g/mol. The summed E-state index contributed by atoms with van der Waals surface area (Å²) >= 11 is 11.4. The Morgan fingerprint density at radius 3 is 2.84 bits per heavy atom. The highest BCUT2D eigenvalue weighted by atomic mass is 35.5. The second-order valence-corrected chi connectivity index (χ2v) is 4.88. The molecule has 1 aromatic heterocycles. The largest absolute Gasteiger partial charge is 0.370 e. The summed E-state index contributed by atoms with van der Waals surface area (Å²) in [6.45, 7) is 0.346. The van der Waals surface area contributed by atoms with Crippen LogP contribution in [-0.2, 0) is 17.8 Å². The summed E-state index contributed by atoms with van der Waals surface area (Å²) in [6, 6.07) is 2.77. The normalized spacial score (nSPS) is 11.1. The number of nitrogens with zero attached hydrogens (tertiary/aromatic N) is 2. The lowest BCUT2D eigenvalue weighted by Gasteiger charge is -2.07. The molecule has 102 valence electrons. The van der Waals surface area contributed by atoms with E-state index in [1.165, 1.54) is 12.1 Å². The van der Waals surface area contributed by atoms with E-state index >= 15 is 0 Å². The van der Waals surface area contributed by atoms with Gasteiger partial charge in [-0.15, -0.1) is 11.6 Å². The van der Waals surface area contributed by atoms with Crippen molar-refractivity contribution in [3.63, 3.8) is 0 Å². The summed E-state index contributed by atoms with van der Waals surface area (Å²) in [6.07, 6.45) is 0.680. The van der Waals surface area contributed by atoms with Crippen LogP contribution in [0.2, 0.25) is 5.02 Å². The summed E-state index contributed by atoms with van der Waals surface area (Å²) in [5, 5.41) is 0.0180. The molecular formula is C12H12Cl2FN3O. The number of aryl methyl sites for hydroxylation is 2. The number of hydrogen-bond donors (Lipinski definition) is 1. The van der Waals surface area contributed by atoms with Crippen molar-refractivity contribution in [2.24, 2.45) is 5.73 Å². The Kier molecular flexibility index (Phi) is 4.27. The van der Waals surface area contributed by atoms with Gasteiger partial charge in [-0.3, -0.25) is 4.79 Å². The molecule has 1 aromatic carbocycles. The van der Waals surface area contributed by atoms with Crippen molar-refractivity contribution >= 4 is 40.1 Å². The lowest BCUT2D eigenvalue weighted by molar-refractivity contribution is -0.118. The Hall–Kier alpha value is -1.33. The van der Waals surface area contributed by atoms with Crippen LogP contribution in [-0.4, -0.2) is 21.3 Å². The zero-order chi connectivity index (χ0) is 14.0.